The summed E-state index contributed by atoms with van der Waals surface area (Å²) in [7, 11) is 3.10. The molecule has 1 aromatic rings. The minimum absolute atomic E-state index is 0.108. The lowest BCUT2D eigenvalue weighted by Crippen LogP contribution is -2.38. The topological polar surface area (TPSA) is 59.6 Å². The van der Waals surface area contributed by atoms with E-state index >= 15 is 0 Å². The predicted molar refractivity (Wildman–Crippen MR) is 66.8 cm³/mol. The van der Waals surface area contributed by atoms with Crippen molar-refractivity contribution in [3.63, 3.8) is 0 Å². The van der Waals surface area contributed by atoms with Crippen LogP contribution in [0, 0.1) is 0 Å². The molecule has 0 radical (unpaired) electrons. The molecule has 0 aliphatic carbocycles. The molecule has 0 fully saturated rings. The zero-order valence-electron chi connectivity index (χ0n) is 10.5. The molecule has 5 nitrogen and oxygen atoms in total. The van der Waals surface area contributed by atoms with Crippen LogP contribution in [-0.4, -0.2) is 26.0 Å². The molecule has 1 aromatic carbocycles. The summed E-state index contributed by atoms with van der Waals surface area (Å²) >= 11 is 0. The Morgan fingerprint density at radius 1 is 1.24 bits per heavy atom. The molecule has 0 saturated carbocycles. The third kappa shape index (κ3) is 4.05. The molecule has 0 unspecified atom stereocenters. The van der Waals surface area contributed by atoms with Crippen molar-refractivity contribution in [3.8, 4) is 0 Å². The van der Waals surface area contributed by atoms with Crippen LogP contribution in [0.4, 0.5) is 11.4 Å². The quantitative estimate of drug-likeness (QED) is 0.770. The van der Waals surface area contributed by atoms with Crippen LogP contribution < -0.4 is 10.6 Å². The van der Waals surface area contributed by atoms with E-state index in [9.17, 15) is 4.79 Å². The number of hydrogen-bond donors (Lipinski definition) is 2. The van der Waals surface area contributed by atoms with Gasteiger partial charge in [0, 0.05) is 39.4 Å². The lowest BCUT2D eigenvalue weighted by molar-refractivity contribution is -0.171. The van der Waals surface area contributed by atoms with Gasteiger partial charge in [0.05, 0.1) is 0 Å². The van der Waals surface area contributed by atoms with Gasteiger partial charge in [-0.1, -0.05) is 6.07 Å². The molecule has 0 bridgehead atoms. The summed E-state index contributed by atoms with van der Waals surface area (Å²) in [6.45, 7) is 3.23. The summed E-state index contributed by atoms with van der Waals surface area (Å²) in [4.78, 5) is 10.9. The van der Waals surface area contributed by atoms with Gasteiger partial charge in [-0.15, -0.1) is 0 Å². The second-order valence-corrected chi connectivity index (χ2v) is 3.74. The molecule has 94 valence electrons. The fraction of sp³-hybridized carbons (Fsp3) is 0.417. The van der Waals surface area contributed by atoms with Gasteiger partial charge in [-0.05, 0) is 18.2 Å². The van der Waals surface area contributed by atoms with Crippen LogP contribution in [0.15, 0.2) is 24.3 Å². The number of methoxy groups -OCH3 is 2. The molecule has 0 aromatic heterocycles. The van der Waals surface area contributed by atoms with Crippen molar-refractivity contribution in [2.75, 3.05) is 24.9 Å². The summed E-state index contributed by atoms with van der Waals surface area (Å²) in [6, 6.07) is 7.31. The Bertz CT molecular complexity index is 389. The van der Waals surface area contributed by atoms with Gasteiger partial charge in [0.25, 0.3) is 0 Å². The van der Waals surface area contributed by atoms with Gasteiger partial charge in [0.1, 0.15) is 0 Å². The van der Waals surface area contributed by atoms with Crippen molar-refractivity contribution in [1.29, 1.82) is 0 Å². The Morgan fingerprint density at radius 2 is 1.82 bits per heavy atom. The molecule has 1 amide bonds. The Morgan fingerprint density at radius 3 is 2.35 bits per heavy atom. The molecule has 0 heterocycles. The second-order valence-electron chi connectivity index (χ2n) is 3.74. The zero-order chi connectivity index (χ0) is 12.9. The van der Waals surface area contributed by atoms with E-state index < -0.39 is 5.91 Å². The largest absolute Gasteiger partial charge is 0.336 e. The highest BCUT2D eigenvalue weighted by Crippen LogP contribution is 2.20. The first-order chi connectivity index (χ1) is 7.99. The number of carbonyl (C=O) groups is 1. The first-order valence-electron chi connectivity index (χ1n) is 5.25. The van der Waals surface area contributed by atoms with E-state index in [1.165, 1.54) is 6.92 Å². The van der Waals surface area contributed by atoms with Crippen LogP contribution in [0.25, 0.3) is 0 Å². The molecule has 0 aliphatic rings. The Hall–Kier alpha value is -1.59. The summed E-state index contributed by atoms with van der Waals surface area (Å²) in [5.41, 5.74) is 1.51. The van der Waals surface area contributed by atoms with E-state index in [0.29, 0.717) is 0 Å². The summed E-state index contributed by atoms with van der Waals surface area (Å²) in [5, 5.41) is 5.78. The number of benzene rings is 1. The van der Waals surface area contributed by atoms with Gasteiger partial charge < -0.3 is 20.1 Å². The van der Waals surface area contributed by atoms with Crippen molar-refractivity contribution in [2.45, 2.75) is 19.8 Å². The maximum Gasteiger partial charge on any atom is 0.245 e. The highest BCUT2D eigenvalue weighted by molar-refractivity contribution is 5.89. The monoisotopic (exact) mass is 238 g/mol. The Kier molecular flexibility index (Phi) is 4.48. The van der Waals surface area contributed by atoms with Crippen molar-refractivity contribution in [3.05, 3.63) is 24.3 Å². The average Bonchev–Trinajstić information content (AvgIpc) is 2.28. The molecule has 17 heavy (non-hydrogen) atoms. The van der Waals surface area contributed by atoms with Crippen molar-refractivity contribution >= 4 is 17.3 Å². The second kappa shape index (κ2) is 5.65. The highest BCUT2D eigenvalue weighted by atomic mass is 16.7. The van der Waals surface area contributed by atoms with Crippen LogP contribution in [0.3, 0.4) is 0 Å². The summed E-state index contributed by atoms with van der Waals surface area (Å²) < 4.78 is 10.4. The van der Waals surface area contributed by atoms with Gasteiger partial charge in [-0.25, -0.2) is 0 Å². The zero-order valence-corrected chi connectivity index (χ0v) is 10.5. The number of carbonyl (C=O) groups excluding carboxylic acids is 1. The lowest BCUT2D eigenvalue weighted by Gasteiger charge is -2.28. The fourth-order valence-corrected chi connectivity index (χ4v) is 1.33. The summed E-state index contributed by atoms with van der Waals surface area (Å²) in [6.07, 6.45) is 0. The SMILES string of the molecule is COC(C)(Nc1cccc(NC(C)=O)c1)OC. The van der Waals surface area contributed by atoms with E-state index in [4.69, 9.17) is 9.47 Å². The van der Waals surface area contributed by atoms with E-state index in [-0.39, 0.29) is 5.91 Å². The molecule has 0 saturated heterocycles. The lowest BCUT2D eigenvalue weighted by atomic mass is 10.2. The minimum atomic E-state index is -0.894. The Balaban J connectivity index is 2.81. The first kappa shape index (κ1) is 13.5. The number of nitrogens with one attached hydrogen (secondary N) is 2. The van der Waals surface area contributed by atoms with Crippen LogP contribution >= 0.6 is 0 Å². The van der Waals surface area contributed by atoms with Crippen molar-refractivity contribution < 1.29 is 14.3 Å². The fourth-order valence-electron chi connectivity index (χ4n) is 1.33. The van der Waals surface area contributed by atoms with Crippen LogP contribution in [0.1, 0.15) is 13.8 Å². The predicted octanol–water partition coefficient (Wildman–Crippen LogP) is 2.02. The van der Waals surface area contributed by atoms with Crippen molar-refractivity contribution in [1.82, 2.24) is 0 Å². The van der Waals surface area contributed by atoms with E-state index in [1.54, 1.807) is 27.2 Å². The maximum atomic E-state index is 10.9. The van der Waals surface area contributed by atoms with E-state index in [0.717, 1.165) is 11.4 Å². The smallest absolute Gasteiger partial charge is 0.245 e. The maximum absolute atomic E-state index is 10.9. The number of hydrogen-bond acceptors (Lipinski definition) is 4. The molecule has 1 rings (SSSR count). The van der Waals surface area contributed by atoms with Gasteiger partial charge >= 0.3 is 0 Å². The molecule has 2 N–H and O–H groups in total. The van der Waals surface area contributed by atoms with Gasteiger partial charge in [0.15, 0.2) is 0 Å². The van der Waals surface area contributed by atoms with Gasteiger partial charge in [-0.3, -0.25) is 4.79 Å². The minimum Gasteiger partial charge on any atom is -0.336 e. The van der Waals surface area contributed by atoms with Crippen LogP contribution in [0.5, 0.6) is 0 Å². The number of ether oxygens (including phenoxy) is 2. The number of anilines is 2. The number of amides is 1. The van der Waals surface area contributed by atoms with Crippen LogP contribution in [0.2, 0.25) is 0 Å². The number of rotatable bonds is 5. The van der Waals surface area contributed by atoms with E-state index in [2.05, 4.69) is 10.6 Å². The highest BCUT2D eigenvalue weighted by Gasteiger charge is 2.21. The van der Waals surface area contributed by atoms with E-state index in [1.807, 2.05) is 18.2 Å². The average molecular weight is 238 g/mol. The van der Waals surface area contributed by atoms with Crippen LogP contribution in [-0.2, 0) is 14.3 Å². The molecule has 0 atom stereocenters. The molecular formula is C12H18N2O3. The Labute approximate surface area is 101 Å². The molecule has 0 aliphatic heterocycles. The van der Waals surface area contributed by atoms with Gasteiger partial charge in [-0.2, -0.15) is 0 Å². The third-order valence-corrected chi connectivity index (χ3v) is 2.33. The molecular weight excluding hydrogens is 220 g/mol. The standard InChI is InChI=1S/C12H18N2O3/c1-9(15)13-10-6-5-7-11(8-10)14-12(2,16-3)17-4/h5-8,14H,1-4H3,(H,13,15). The third-order valence-electron chi connectivity index (χ3n) is 2.33. The molecule has 0 spiro atoms. The molecule has 5 heteroatoms. The van der Waals surface area contributed by atoms with Gasteiger partial charge in [0.2, 0.25) is 11.8 Å². The first-order valence-corrected chi connectivity index (χ1v) is 5.25. The normalized spacial score (nSPS) is 11.1. The summed E-state index contributed by atoms with van der Waals surface area (Å²) in [5.74, 6) is -1.00. The van der Waals surface area contributed by atoms with Crippen molar-refractivity contribution in [2.24, 2.45) is 0 Å².